The lowest BCUT2D eigenvalue weighted by atomic mass is 9.49. The Labute approximate surface area is 169 Å². The van der Waals surface area contributed by atoms with Crippen LogP contribution < -0.4 is 10.9 Å². The molecule has 4 bridgehead atoms. The molecule has 0 spiro atoms. The van der Waals surface area contributed by atoms with E-state index in [1.807, 2.05) is 18.2 Å². The van der Waals surface area contributed by atoms with E-state index in [1.165, 1.54) is 50.3 Å². The van der Waals surface area contributed by atoms with Crippen molar-refractivity contribution in [3.8, 4) is 0 Å². The van der Waals surface area contributed by atoms with E-state index in [0.29, 0.717) is 27.2 Å². The monoisotopic (exact) mass is 397 g/mol. The zero-order chi connectivity index (χ0) is 19.3. The molecule has 1 heterocycles. The summed E-state index contributed by atoms with van der Waals surface area (Å²) in [6, 6.07) is 7.35. The number of carbonyl (C=O) groups is 1. The Bertz CT molecular complexity index is 948. The average Bonchev–Trinajstić information content (AvgIpc) is 2.67. The molecule has 1 N–H and O–H groups in total. The Kier molecular flexibility index (Phi) is 4.49. The van der Waals surface area contributed by atoms with Crippen molar-refractivity contribution in [3.63, 3.8) is 0 Å². The van der Waals surface area contributed by atoms with Crippen molar-refractivity contribution in [2.24, 2.45) is 30.2 Å². The SMILES string of the molecule is Cn1c(SCC(=O)NCC23CC4CC(CC(C4)C2)C3)nc2ccccc2c1=O. The Morgan fingerprint density at radius 1 is 1.18 bits per heavy atom. The summed E-state index contributed by atoms with van der Waals surface area (Å²) in [7, 11) is 1.72. The van der Waals surface area contributed by atoms with Crippen LogP contribution in [0.3, 0.4) is 0 Å². The number of fused-ring (bicyclic) bond motifs is 1. The van der Waals surface area contributed by atoms with E-state index in [2.05, 4.69) is 10.3 Å². The third-order valence-electron chi connectivity index (χ3n) is 7.10. The Morgan fingerprint density at radius 3 is 2.50 bits per heavy atom. The molecule has 5 nitrogen and oxygen atoms in total. The maximum atomic E-state index is 12.5. The minimum absolute atomic E-state index is 0.0446. The molecule has 0 unspecified atom stereocenters. The van der Waals surface area contributed by atoms with Gasteiger partial charge in [-0.15, -0.1) is 0 Å². The number of nitrogens with one attached hydrogen (secondary N) is 1. The number of hydrogen-bond acceptors (Lipinski definition) is 4. The van der Waals surface area contributed by atoms with Crippen molar-refractivity contribution >= 4 is 28.6 Å². The highest BCUT2D eigenvalue weighted by atomic mass is 32.2. The van der Waals surface area contributed by atoms with Crippen LogP contribution in [-0.4, -0.2) is 27.8 Å². The van der Waals surface area contributed by atoms with Gasteiger partial charge in [-0.05, 0) is 73.8 Å². The Balaban J connectivity index is 1.22. The molecule has 1 aromatic carbocycles. The van der Waals surface area contributed by atoms with Gasteiger partial charge in [0, 0.05) is 13.6 Å². The van der Waals surface area contributed by atoms with Crippen LogP contribution in [0.5, 0.6) is 0 Å². The van der Waals surface area contributed by atoms with Crippen LogP contribution >= 0.6 is 11.8 Å². The summed E-state index contributed by atoms with van der Waals surface area (Å²) >= 11 is 1.34. The summed E-state index contributed by atoms with van der Waals surface area (Å²) in [6.07, 6.45) is 8.16. The molecule has 0 aliphatic heterocycles. The number of nitrogens with zero attached hydrogens (tertiary/aromatic N) is 2. The lowest BCUT2D eigenvalue weighted by Gasteiger charge is -2.56. The Hall–Kier alpha value is -1.82. The van der Waals surface area contributed by atoms with Gasteiger partial charge in [-0.1, -0.05) is 23.9 Å². The van der Waals surface area contributed by atoms with Crippen LogP contribution in [-0.2, 0) is 11.8 Å². The molecule has 148 valence electrons. The lowest BCUT2D eigenvalue weighted by molar-refractivity contribution is -0.120. The maximum Gasteiger partial charge on any atom is 0.261 e. The predicted octanol–water partition coefficient (Wildman–Crippen LogP) is 3.36. The summed E-state index contributed by atoms with van der Waals surface area (Å²) in [5.74, 6) is 3.03. The van der Waals surface area contributed by atoms with E-state index >= 15 is 0 Å². The largest absolute Gasteiger partial charge is 0.355 e. The number of para-hydroxylation sites is 1. The molecule has 28 heavy (non-hydrogen) atoms. The molecule has 0 saturated heterocycles. The van der Waals surface area contributed by atoms with Crippen molar-refractivity contribution in [2.45, 2.75) is 43.7 Å². The van der Waals surface area contributed by atoms with E-state index in [4.69, 9.17) is 0 Å². The fraction of sp³-hybridized carbons (Fsp3) is 0.591. The summed E-state index contributed by atoms with van der Waals surface area (Å²) in [4.78, 5) is 29.6. The molecule has 4 aliphatic rings. The number of thioether (sulfide) groups is 1. The number of amides is 1. The highest BCUT2D eigenvalue weighted by Gasteiger charge is 2.50. The summed E-state index contributed by atoms with van der Waals surface area (Å²) in [5, 5.41) is 4.41. The molecule has 4 saturated carbocycles. The second-order valence-corrected chi connectivity index (χ2v) is 10.2. The number of carbonyl (C=O) groups excluding carboxylic acids is 1. The molecule has 6 heteroatoms. The van der Waals surface area contributed by atoms with Gasteiger partial charge < -0.3 is 5.32 Å². The van der Waals surface area contributed by atoms with Crippen LogP contribution in [0.1, 0.15) is 38.5 Å². The third kappa shape index (κ3) is 3.25. The van der Waals surface area contributed by atoms with Gasteiger partial charge in [-0.3, -0.25) is 14.2 Å². The lowest BCUT2D eigenvalue weighted by Crippen LogP contribution is -2.51. The molecule has 0 atom stereocenters. The number of hydrogen-bond donors (Lipinski definition) is 1. The molecule has 0 radical (unpaired) electrons. The molecule has 4 fully saturated rings. The van der Waals surface area contributed by atoms with Crippen LogP contribution in [0.4, 0.5) is 0 Å². The van der Waals surface area contributed by atoms with Crippen molar-refractivity contribution in [2.75, 3.05) is 12.3 Å². The summed E-state index contributed by atoms with van der Waals surface area (Å²) < 4.78 is 1.54. The van der Waals surface area contributed by atoms with E-state index in [0.717, 1.165) is 24.3 Å². The minimum Gasteiger partial charge on any atom is -0.355 e. The molecule has 6 rings (SSSR count). The van der Waals surface area contributed by atoms with Gasteiger partial charge in [0.2, 0.25) is 5.91 Å². The topological polar surface area (TPSA) is 64.0 Å². The van der Waals surface area contributed by atoms with Gasteiger partial charge in [0.1, 0.15) is 0 Å². The quantitative estimate of drug-likeness (QED) is 0.621. The summed E-state index contributed by atoms with van der Waals surface area (Å²) in [6.45, 7) is 0.819. The zero-order valence-electron chi connectivity index (χ0n) is 16.3. The second kappa shape index (κ2) is 6.90. The molecule has 1 amide bonds. The zero-order valence-corrected chi connectivity index (χ0v) is 17.1. The van der Waals surface area contributed by atoms with E-state index in [1.54, 1.807) is 17.7 Å². The fourth-order valence-corrected chi connectivity index (χ4v) is 7.10. The first-order valence-electron chi connectivity index (χ1n) is 10.4. The highest BCUT2D eigenvalue weighted by molar-refractivity contribution is 7.99. The summed E-state index contributed by atoms with van der Waals surface area (Å²) in [5.41, 5.74) is 0.965. The second-order valence-electron chi connectivity index (χ2n) is 9.26. The van der Waals surface area contributed by atoms with Crippen LogP contribution in [0.15, 0.2) is 34.2 Å². The van der Waals surface area contributed by atoms with Crippen molar-refractivity contribution in [3.05, 3.63) is 34.6 Å². The van der Waals surface area contributed by atoms with Crippen molar-refractivity contribution in [1.29, 1.82) is 0 Å². The average molecular weight is 398 g/mol. The molecular weight excluding hydrogens is 370 g/mol. The normalized spacial score (nSPS) is 30.7. The highest BCUT2D eigenvalue weighted by Crippen LogP contribution is 2.59. The Morgan fingerprint density at radius 2 is 1.82 bits per heavy atom. The maximum absolute atomic E-state index is 12.5. The van der Waals surface area contributed by atoms with E-state index in [-0.39, 0.29) is 11.5 Å². The molecule has 1 aromatic heterocycles. The first kappa shape index (κ1) is 18.2. The molecule has 4 aliphatic carbocycles. The molecule has 2 aromatic rings. The van der Waals surface area contributed by atoms with Crippen LogP contribution in [0.25, 0.3) is 10.9 Å². The van der Waals surface area contributed by atoms with Crippen LogP contribution in [0.2, 0.25) is 0 Å². The smallest absolute Gasteiger partial charge is 0.261 e. The predicted molar refractivity (Wildman–Crippen MR) is 111 cm³/mol. The van der Waals surface area contributed by atoms with Gasteiger partial charge in [-0.25, -0.2) is 4.98 Å². The van der Waals surface area contributed by atoms with E-state index in [9.17, 15) is 9.59 Å². The van der Waals surface area contributed by atoms with Gasteiger partial charge in [0.05, 0.1) is 16.7 Å². The van der Waals surface area contributed by atoms with Crippen molar-refractivity contribution in [1.82, 2.24) is 14.9 Å². The number of rotatable bonds is 5. The molecular formula is C22H27N3O2S. The van der Waals surface area contributed by atoms with Gasteiger partial charge in [0.15, 0.2) is 5.16 Å². The van der Waals surface area contributed by atoms with Gasteiger partial charge >= 0.3 is 0 Å². The fourth-order valence-electron chi connectivity index (χ4n) is 6.30. The number of aromatic nitrogens is 2. The third-order valence-corrected chi connectivity index (χ3v) is 8.13. The van der Waals surface area contributed by atoms with Crippen molar-refractivity contribution < 1.29 is 4.79 Å². The van der Waals surface area contributed by atoms with Gasteiger partial charge in [0.25, 0.3) is 5.56 Å². The minimum atomic E-state index is -0.0675. The number of benzene rings is 1. The van der Waals surface area contributed by atoms with E-state index < -0.39 is 0 Å². The first-order chi connectivity index (χ1) is 13.5. The van der Waals surface area contributed by atoms with Gasteiger partial charge in [-0.2, -0.15) is 0 Å². The first-order valence-corrected chi connectivity index (χ1v) is 11.4. The standard InChI is InChI=1S/C22H27N3O2S/c1-25-20(27)17-4-2-3-5-18(17)24-21(25)28-12-19(26)23-13-22-9-14-6-15(10-22)8-16(7-14)11-22/h2-5,14-16H,6-13H2,1H3,(H,23,26). The van der Waals surface area contributed by atoms with Crippen LogP contribution in [0, 0.1) is 23.2 Å².